The largest absolute Gasteiger partial charge is 0.490 e. The van der Waals surface area contributed by atoms with Crippen molar-refractivity contribution in [3.05, 3.63) is 58.1 Å². The number of rotatable bonds is 7. The average Bonchev–Trinajstić information content (AvgIpc) is 3.09. The zero-order valence-electron chi connectivity index (χ0n) is 23.2. The molecule has 2 N–H and O–H groups in total. The second-order valence-electron chi connectivity index (χ2n) is 12.2. The van der Waals surface area contributed by atoms with E-state index in [1.54, 1.807) is 12.1 Å². The molecule has 0 radical (unpaired) electrons. The van der Waals surface area contributed by atoms with Gasteiger partial charge in [0.25, 0.3) is 0 Å². The number of nitrogens with zero attached hydrogens (tertiary/aromatic N) is 1. The summed E-state index contributed by atoms with van der Waals surface area (Å²) in [6, 6.07) is 12.0. The smallest absolute Gasteiger partial charge is 0.337 e. The third-order valence-corrected chi connectivity index (χ3v) is 10.1. The van der Waals surface area contributed by atoms with Crippen molar-refractivity contribution in [2.75, 3.05) is 37.8 Å². The van der Waals surface area contributed by atoms with E-state index in [0.29, 0.717) is 36.5 Å². The number of aromatic carboxylic acids is 1. The number of benzene rings is 2. The topological polar surface area (TPSA) is 88.5 Å². The SMILES string of the molecule is C[C@H](CO)O[C@H]1CCO[C@H]([C@@H]2CC[C@H]2CN2CC3(CCCc4ccccc43)COc3ccc(C(=O)O)c(Cl)c32)C1. The number of carbonyl (C=O) groups is 1. The number of hydrogen-bond donors (Lipinski definition) is 2. The number of anilines is 1. The standard InChI is InChI=1S/C32H40ClNO6/c1-20(17-35)40-23-12-14-38-28(15-23)24-9-8-22(24)16-34-18-32(13-4-6-21-5-2-3-7-26(21)32)19-39-27-11-10-25(31(36)37)29(33)30(27)34/h2-3,5,7,10-11,20,22-24,28,35H,4,6,8-9,12-19H2,1H3,(H,36,37)/t20-,22+,23+,24-,28+,32?/m1/s1. The van der Waals surface area contributed by atoms with Gasteiger partial charge in [0.2, 0.25) is 0 Å². The van der Waals surface area contributed by atoms with Gasteiger partial charge in [-0.15, -0.1) is 0 Å². The Morgan fingerprint density at radius 3 is 2.85 bits per heavy atom. The van der Waals surface area contributed by atoms with Crippen molar-refractivity contribution in [1.82, 2.24) is 0 Å². The number of hydrogen-bond acceptors (Lipinski definition) is 6. The fourth-order valence-electron chi connectivity index (χ4n) is 7.49. The van der Waals surface area contributed by atoms with Gasteiger partial charge in [0.05, 0.1) is 47.8 Å². The molecule has 40 heavy (non-hydrogen) atoms. The van der Waals surface area contributed by atoms with Crippen LogP contribution < -0.4 is 9.64 Å². The first-order chi connectivity index (χ1) is 19.4. The van der Waals surface area contributed by atoms with Gasteiger partial charge in [0, 0.05) is 31.5 Å². The first-order valence-corrected chi connectivity index (χ1v) is 15.2. The molecule has 4 aliphatic rings. The van der Waals surface area contributed by atoms with Crippen LogP contribution in [0.2, 0.25) is 5.02 Å². The number of carboxylic acids is 1. The number of aliphatic hydroxyl groups is 1. The summed E-state index contributed by atoms with van der Waals surface area (Å²) in [4.78, 5) is 14.4. The molecule has 216 valence electrons. The maximum absolute atomic E-state index is 12.0. The van der Waals surface area contributed by atoms with E-state index in [0.717, 1.165) is 58.0 Å². The lowest BCUT2D eigenvalue weighted by Crippen LogP contribution is -2.51. The highest BCUT2D eigenvalue weighted by molar-refractivity contribution is 6.36. The summed E-state index contributed by atoms with van der Waals surface area (Å²) < 4.78 is 18.9. The molecule has 6 atom stereocenters. The fourth-order valence-corrected chi connectivity index (χ4v) is 7.85. The summed E-state index contributed by atoms with van der Waals surface area (Å²) in [6.45, 7) is 4.64. The summed E-state index contributed by atoms with van der Waals surface area (Å²) in [7, 11) is 0. The second-order valence-corrected chi connectivity index (χ2v) is 12.6. The van der Waals surface area contributed by atoms with Gasteiger partial charge in [-0.25, -0.2) is 4.79 Å². The predicted molar refractivity (Wildman–Crippen MR) is 154 cm³/mol. The highest BCUT2D eigenvalue weighted by Crippen LogP contribution is 2.49. The molecule has 2 heterocycles. The molecule has 0 amide bonds. The highest BCUT2D eigenvalue weighted by Gasteiger charge is 2.46. The van der Waals surface area contributed by atoms with E-state index in [2.05, 4.69) is 29.2 Å². The molecule has 8 heteroatoms. The zero-order chi connectivity index (χ0) is 27.9. The zero-order valence-corrected chi connectivity index (χ0v) is 23.9. The van der Waals surface area contributed by atoms with Crippen LogP contribution in [0.15, 0.2) is 36.4 Å². The summed E-state index contributed by atoms with van der Waals surface area (Å²) >= 11 is 6.86. The summed E-state index contributed by atoms with van der Waals surface area (Å²) in [5.74, 6) is 0.422. The monoisotopic (exact) mass is 569 g/mol. The molecule has 1 unspecified atom stereocenters. The Labute approximate surface area is 241 Å². The average molecular weight is 570 g/mol. The quantitative estimate of drug-likeness (QED) is 0.456. The molecule has 2 aliphatic heterocycles. The molecule has 2 fully saturated rings. The summed E-state index contributed by atoms with van der Waals surface area (Å²) in [5, 5.41) is 19.6. The minimum Gasteiger partial charge on any atom is -0.490 e. The molecule has 1 saturated heterocycles. The highest BCUT2D eigenvalue weighted by atomic mass is 35.5. The molecule has 1 saturated carbocycles. The van der Waals surface area contributed by atoms with Crippen LogP contribution in [0.25, 0.3) is 0 Å². The number of fused-ring (bicyclic) bond motifs is 3. The van der Waals surface area contributed by atoms with Crippen molar-refractivity contribution in [3.63, 3.8) is 0 Å². The Bertz CT molecular complexity index is 1240. The van der Waals surface area contributed by atoms with Crippen molar-refractivity contribution in [1.29, 1.82) is 0 Å². The van der Waals surface area contributed by atoms with Crippen LogP contribution in [-0.2, 0) is 21.3 Å². The number of aliphatic hydroxyl groups excluding tert-OH is 1. The maximum atomic E-state index is 12.0. The molecule has 0 aromatic heterocycles. The van der Waals surface area contributed by atoms with Crippen molar-refractivity contribution >= 4 is 23.3 Å². The third-order valence-electron chi connectivity index (χ3n) is 9.67. The van der Waals surface area contributed by atoms with E-state index in [4.69, 9.17) is 25.8 Å². The van der Waals surface area contributed by atoms with E-state index >= 15 is 0 Å². The Kier molecular flexibility index (Phi) is 8.01. The minimum atomic E-state index is -1.03. The first-order valence-electron chi connectivity index (χ1n) is 14.8. The predicted octanol–water partition coefficient (Wildman–Crippen LogP) is 5.48. The van der Waals surface area contributed by atoms with Crippen LogP contribution in [0.5, 0.6) is 5.75 Å². The first kappa shape index (κ1) is 27.8. The van der Waals surface area contributed by atoms with Crippen LogP contribution in [-0.4, -0.2) is 67.4 Å². The Hall–Kier alpha value is -2.32. The normalized spacial score (nSPS) is 30.4. The van der Waals surface area contributed by atoms with Crippen molar-refractivity contribution in [2.45, 2.75) is 75.6 Å². The number of ether oxygens (including phenoxy) is 3. The van der Waals surface area contributed by atoms with Gasteiger partial charge in [-0.3, -0.25) is 0 Å². The van der Waals surface area contributed by atoms with Gasteiger partial charge >= 0.3 is 5.97 Å². The van der Waals surface area contributed by atoms with Gasteiger partial charge in [0.15, 0.2) is 0 Å². The molecule has 7 nitrogen and oxygen atoms in total. The Morgan fingerprint density at radius 1 is 1.23 bits per heavy atom. The van der Waals surface area contributed by atoms with Gasteiger partial charge in [-0.2, -0.15) is 0 Å². The van der Waals surface area contributed by atoms with Crippen molar-refractivity contribution in [2.24, 2.45) is 11.8 Å². The van der Waals surface area contributed by atoms with E-state index in [-0.39, 0.29) is 40.9 Å². The molecule has 2 aromatic rings. The number of halogens is 1. The van der Waals surface area contributed by atoms with E-state index in [1.807, 2.05) is 6.92 Å². The van der Waals surface area contributed by atoms with Crippen LogP contribution in [0.3, 0.4) is 0 Å². The van der Waals surface area contributed by atoms with Crippen LogP contribution >= 0.6 is 11.6 Å². The van der Waals surface area contributed by atoms with Gasteiger partial charge in [-0.05, 0) is 80.5 Å². The Morgan fingerprint density at radius 2 is 2.08 bits per heavy atom. The van der Waals surface area contributed by atoms with E-state index in [1.165, 1.54) is 11.1 Å². The summed E-state index contributed by atoms with van der Waals surface area (Å²) in [6.07, 6.45) is 7.11. The minimum absolute atomic E-state index is 0.0223. The lowest BCUT2D eigenvalue weighted by Gasteiger charge is -2.48. The number of aryl methyl sites for hydroxylation is 1. The molecule has 2 aromatic carbocycles. The van der Waals surface area contributed by atoms with Gasteiger partial charge in [-0.1, -0.05) is 35.9 Å². The molecular formula is C32H40ClNO6. The van der Waals surface area contributed by atoms with Gasteiger partial charge < -0.3 is 29.3 Å². The van der Waals surface area contributed by atoms with Crippen LogP contribution in [0.1, 0.15) is 66.9 Å². The lowest BCUT2D eigenvalue weighted by atomic mass is 9.67. The van der Waals surface area contributed by atoms with E-state index in [9.17, 15) is 15.0 Å². The molecule has 1 spiro atoms. The van der Waals surface area contributed by atoms with Crippen LogP contribution in [0, 0.1) is 11.8 Å². The molecular weight excluding hydrogens is 530 g/mol. The van der Waals surface area contributed by atoms with Gasteiger partial charge in [0.1, 0.15) is 5.75 Å². The Balaban J connectivity index is 1.30. The number of carboxylic acid groups (broad SMARTS) is 1. The van der Waals surface area contributed by atoms with E-state index < -0.39 is 5.97 Å². The second kappa shape index (κ2) is 11.5. The van der Waals surface area contributed by atoms with Crippen molar-refractivity contribution < 1.29 is 29.2 Å². The van der Waals surface area contributed by atoms with Crippen LogP contribution in [0.4, 0.5) is 5.69 Å². The van der Waals surface area contributed by atoms with Crippen molar-refractivity contribution in [3.8, 4) is 5.75 Å². The third kappa shape index (κ3) is 5.22. The molecule has 6 rings (SSSR count). The maximum Gasteiger partial charge on any atom is 0.337 e. The summed E-state index contributed by atoms with van der Waals surface area (Å²) in [5.41, 5.74) is 3.33. The fraction of sp³-hybridized carbons (Fsp3) is 0.594. The lowest BCUT2D eigenvalue weighted by molar-refractivity contribution is -0.134. The molecule has 2 aliphatic carbocycles. The molecule has 0 bridgehead atoms.